The number of nitrogens with one attached hydrogen (secondary N) is 2. The molecule has 0 aliphatic heterocycles. The van der Waals surface area contributed by atoms with Crippen LogP contribution in [0.15, 0.2) is 24.3 Å². The largest absolute Gasteiger partial charge is 0.351 e. The monoisotopic (exact) mass is 289 g/mol. The van der Waals surface area contributed by atoms with Gasteiger partial charge < -0.3 is 16.4 Å². The molecular formula is C16H23N3O2. The van der Waals surface area contributed by atoms with Crippen LogP contribution in [0.25, 0.3) is 0 Å². The summed E-state index contributed by atoms with van der Waals surface area (Å²) in [6.07, 6.45) is 3.98. The van der Waals surface area contributed by atoms with Gasteiger partial charge in [0.2, 0.25) is 5.91 Å². The van der Waals surface area contributed by atoms with Crippen molar-refractivity contribution < 1.29 is 9.59 Å². The van der Waals surface area contributed by atoms with Gasteiger partial charge in [0, 0.05) is 18.5 Å². The molecule has 1 saturated carbocycles. The lowest BCUT2D eigenvalue weighted by molar-refractivity contribution is -0.124. The minimum Gasteiger partial charge on any atom is -0.351 e. The van der Waals surface area contributed by atoms with Crippen molar-refractivity contribution in [1.82, 2.24) is 5.32 Å². The SMILES string of the molecule is CC1(C(=O)Nc2ccccc2C(=O)NCCN)CCCC1. The van der Waals surface area contributed by atoms with E-state index in [4.69, 9.17) is 5.73 Å². The summed E-state index contributed by atoms with van der Waals surface area (Å²) >= 11 is 0. The third-order valence-electron chi connectivity index (χ3n) is 4.11. The van der Waals surface area contributed by atoms with Gasteiger partial charge in [-0.15, -0.1) is 0 Å². The standard InChI is InChI=1S/C16H23N3O2/c1-16(8-4-5-9-16)15(21)19-13-7-3-2-6-12(13)14(20)18-11-10-17/h2-3,6-7H,4-5,8-11,17H2,1H3,(H,18,20)(H,19,21). The van der Waals surface area contributed by atoms with E-state index < -0.39 is 0 Å². The number of nitrogens with two attached hydrogens (primary N) is 1. The number of carbonyl (C=O) groups excluding carboxylic acids is 2. The van der Waals surface area contributed by atoms with Crippen molar-refractivity contribution >= 4 is 17.5 Å². The van der Waals surface area contributed by atoms with Crippen LogP contribution in [-0.4, -0.2) is 24.9 Å². The Balaban J connectivity index is 2.13. The Kier molecular flexibility index (Phi) is 4.96. The molecule has 1 fully saturated rings. The predicted molar refractivity (Wildman–Crippen MR) is 83.0 cm³/mol. The lowest BCUT2D eigenvalue weighted by Gasteiger charge is -2.23. The van der Waals surface area contributed by atoms with Crippen LogP contribution in [-0.2, 0) is 4.79 Å². The summed E-state index contributed by atoms with van der Waals surface area (Å²) in [7, 11) is 0. The Morgan fingerprint density at radius 1 is 1.24 bits per heavy atom. The zero-order valence-corrected chi connectivity index (χ0v) is 12.4. The van der Waals surface area contributed by atoms with Gasteiger partial charge >= 0.3 is 0 Å². The van der Waals surface area contributed by atoms with Crippen molar-refractivity contribution in [1.29, 1.82) is 0 Å². The smallest absolute Gasteiger partial charge is 0.253 e. The molecule has 0 radical (unpaired) electrons. The maximum atomic E-state index is 12.5. The minimum absolute atomic E-state index is 0.000857. The molecule has 4 N–H and O–H groups in total. The molecular weight excluding hydrogens is 266 g/mol. The second-order valence-corrected chi connectivity index (χ2v) is 5.81. The highest BCUT2D eigenvalue weighted by Crippen LogP contribution is 2.38. The average molecular weight is 289 g/mol. The molecule has 0 aromatic heterocycles. The zero-order chi connectivity index (χ0) is 15.3. The molecule has 21 heavy (non-hydrogen) atoms. The molecule has 0 saturated heterocycles. The van der Waals surface area contributed by atoms with Crippen LogP contribution < -0.4 is 16.4 Å². The number of anilines is 1. The Bertz CT molecular complexity index is 522. The maximum absolute atomic E-state index is 12.5. The van der Waals surface area contributed by atoms with Crippen LogP contribution in [0.2, 0.25) is 0 Å². The van der Waals surface area contributed by atoms with E-state index in [0.717, 1.165) is 25.7 Å². The molecule has 0 bridgehead atoms. The molecule has 1 aliphatic carbocycles. The van der Waals surface area contributed by atoms with Crippen LogP contribution in [0.4, 0.5) is 5.69 Å². The molecule has 0 atom stereocenters. The summed E-state index contributed by atoms with van der Waals surface area (Å²) in [5.74, 6) is -0.216. The van der Waals surface area contributed by atoms with Gasteiger partial charge in [-0.1, -0.05) is 31.9 Å². The van der Waals surface area contributed by atoms with Crippen LogP contribution in [0, 0.1) is 5.41 Å². The fourth-order valence-corrected chi connectivity index (χ4v) is 2.73. The number of benzene rings is 1. The van der Waals surface area contributed by atoms with Gasteiger partial charge in [-0.3, -0.25) is 9.59 Å². The topological polar surface area (TPSA) is 84.2 Å². The normalized spacial score (nSPS) is 16.5. The van der Waals surface area contributed by atoms with Crippen molar-refractivity contribution in [3.8, 4) is 0 Å². The number of hydrogen-bond acceptors (Lipinski definition) is 3. The van der Waals surface area contributed by atoms with Crippen LogP contribution in [0.5, 0.6) is 0 Å². The number of carbonyl (C=O) groups is 2. The average Bonchev–Trinajstić information content (AvgIpc) is 2.93. The van der Waals surface area contributed by atoms with E-state index in [9.17, 15) is 9.59 Å². The molecule has 0 heterocycles. The molecule has 0 unspecified atom stereocenters. The van der Waals surface area contributed by atoms with Gasteiger partial charge in [0.15, 0.2) is 0 Å². The highest BCUT2D eigenvalue weighted by molar-refractivity contribution is 6.04. The summed E-state index contributed by atoms with van der Waals surface area (Å²) < 4.78 is 0. The summed E-state index contributed by atoms with van der Waals surface area (Å²) in [5.41, 5.74) is 6.10. The molecule has 2 amide bonds. The molecule has 1 aromatic carbocycles. The third-order valence-corrected chi connectivity index (χ3v) is 4.11. The van der Waals surface area contributed by atoms with Crippen molar-refractivity contribution in [3.63, 3.8) is 0 Å². The van der Waals surface area contributed by atoms with Crippen molar-refractivity contribution in [2.75, 3.05) is 18.4 Å². The quantitative estimate of drug-likeness (QED) is 0.774. The van der Waals surface area contributed by atoms with Gasteiger partial charge in [0.25, 0.3) is 5.91 Å². The second-order valence-electron chi connectivity index (χ2n) is 5.81. The Morgan fingerprint density at radius 3 is 2.57 bits per heavy atom. The number of hydrogen-bond donors (Lipinski definition) is 3. The number of para-hydroxylation sites is 1. The van der Waals surface area contributed by atoms with Gasteiger partial charge in [-0.2, -0.15) is 0 Å². The highest BCUT2D eigenvalue weighted by atomic mass is 16.2. The fraction of sp³-hybridized carbons (Fsp3) is 0.500. The van der Waals surface area contributed by atoms with Gasteiger partial charge in [-0.05, 0) is 25.0 Å². The minimum atomic E-state index is -0.319. The van der Waals surface area contributed by atoms with Crippen LogP contribution >= 0.6 is 0 Å². The zero-order valence-electron chi connectivity index (χ0n) is 12.4. The van der Waals surface area contributed by atoms with Crippen molar-refractivity contribution in [3.05, 3.63) is 29.8 Å². The number of amides is 2. The van der Waals surface area contributed by atoms with E-state index in [2.05, 4.69) is 10.6 Å². The second kappa shape index (κ2) is 6.72. The van der Waals surface area contributed by atoms with Crippen LogP contribution in [0.3, 0.4) is 0 Å². The molecule has 1 aliphatic rings. The van der Waals surface area contributed by atoms with Gasteiger partial charge in [-0.25, -0.2) is 0 Å². The van der Waals surface area contributed by atoms with E-state index in [-0.39, 0.29) is 17.2 Å². The van der Waals surface area contributed by atoms with E-state index in [0.29, 0.717) is 24.3 Å². The first-order chi connectivity index (χ1) is 10.1. The Hall–Kier alpha value is -1.88. The van der Waals surface area contributed by atoms with Crippen molar-refractivity contribution in [2.24, 2.45) is 11.1 Å². The van der Waals surface area contributed by atoms with E-state index >= 15 is 0 Å². The summed E-state index contributed by atoms with van der Waals surface area (Å²) in [6.45, 7) is 2.80. The first-order valence-corrected chi connectivity index (χ1v) is 7.45. The molecule has 0 spiro atoms. The van der Waals surface area contributed by atoms with Gasteiger partial charge in [0.1, 0.15) is 0 Å². The first-order valence-electron chi connectivity index (χ1n) is 7.45. The molecule has 1 aromatic rings. The van der Waals surface area contributed by atoms with E-state index in [1.165, 1.54) is 0 Å². The maximum Gasteiger partial charge on any atom is 0.253 e. The summed E-state index contributed by atoms with van der Waals surface area (Å²) in [6, 6.07) is 7.06. The summed E-state index contributed by atoms with van der Waals surface area (Å²) in [4.78, 5) is 24.6. The molecule has 5 nitrogen and oxygen atoms in total. The third kappa shape index (κ3) is 3.61. The lowest BCUT2D eigenvalue weighted by atomic mass is 9.87. The highest BCUT2D eigenvalue weighted by Gasteiger charge is 2.36. The van der Waals surface area contributed by atoms with Crippen molar-refractivity contribution in [2.45, 2.75) is 32.6 Å². The molecule has 5 heteroatoms. The fourth-order valence-electron chi connectivity index (χ4n) is 2.73. The first kappa shape index (κ1) is 15.5. The Morgan fingerprint density at radius 2 is 1.90 bits per heavy atom. The molecule has 2 rings (SSSR count). The van der Waals surface area contributed by atoms with Crippen LogP contribution in [0.1, 0.15) is 43.0 Å². The van der Waals surface area contributed by atoms with Gasteiger partial charge in [0.05, 0.1) is 11.3 Å². The summed E-state index contributed by atoms with van der Waals surface area (Å²) in [5, 5.41) is 5.65. The number of rotatable bonds is 5. The predicted octanol–water partition coefficient (Wildman–Crippen LogP) is 1.89. The Labute approximate surface area is 125 Å². The lowest BCUT2D eigenvalue weighted by Crippen LogP contribution is -2.33. The van der Waals surface area contributed by atoms with E-state index in [1.807, 2.05) is 13.0 Å². The molecule has 114 valence electrons. The van der Waals surface area contributed by atoms with E-state index in [1.54, 1.807) is 18.2 Å².